The SMILES string of the molecule is COC[C@@H]1CN(Cc2cccc(OC)n2)C[C@H]1c1nnc(-c2ccccc2)o1. The maximum absolute atomic E-state index is 6.03. The van der Waals surface area contributed by atoms with Gasteiger partial charge in [-0.3, -0.25) is 4.90 Å². The fraction of sp³-hybridized carbons (Fsp3) is 0.381. The van der Waals surface area contributed by atoms with Gasteiger partial charge in [-0.2, -0.15) is 0 Å². The molecule has 1 fully saturated rings. The molecule has 146 valence electrons. The van der Waals surface area contributed by atoms with Gasteiger partial charge in [0, 0.05) is 44.3 Å². The minimum Gasteiger partial charge on any atom is -0.481 e. The molecule has 1 aromatic carbocycles. The third-order valence-corrected chi connectivity index (χ3v) is 5.05. The standard InChI is InChI=1S/C21H24N4O3/c1-26-14-16-11-25(12-17-9-6-10-19(22-17)27-2)13-18(16)21-24-23-20(28-21)15-7-4-3-5-8-15/h3-10,16,18H,11-14H2,1-2H3/t16-,18+/m0/s1. The second kappa shape index (κ2) is 8.50. The molecule has 0 aliphatic carbocycles. The van der Waals surface area contributed by atoms with Gasteiger partial charge in [0.15, 0.2) is 0 Å². The third-order valence-electron chi connectivity index (χ3n) is 5.05. The van der Waals surface area contributed by atoms with Crippen LogP contribution in [0.1, 0.15) is 17.5 Å². The molecule has 7 heteroatoms. The van der Waals surface area contributed by atoms with E-state index >= 15 is 0 Å². The maximum atomic E-state index is 6.03. The van der Waals surface area contributed by atoms with Gasteiger partial charge in [0.1, 0.15) is 0 Å². The van der Waals surface area contributed by atoms with E-state index in [1.54, 1.807) is 14.2 Å². The van der Waals surface area contributed by atoms with Crippen LogP contribution in [0.5, 0.6) is 5.88 Å². The highest BCUT2D eigenvalue weighted by Crippen LogP contribution is 2.34. The van der Waals surface area contributed by atoms with Gasteiger partial charge in [0.25, 0.3) is 0 Å². The fourth-order valence-corrected chi connectivity index (χ4v) is 3.72. The Morgan fingerprint density at radius 3 is 2.68 bits per heavy atom. The van der Waals surface area contributed by atoms with E-state index in [0.29, 0.717) is 30.2 Å². The highest BCUT2D eigenvalue weighted by atomic mass is 16.5. The normalized spacial score (nSPS) is 19.8. The molecule has 7 nitrogen and oxygen atoms in total. The summed E-state index contributed by atoms with van der Waals surface area (Å²) in [6.07, 6.45) is 0. The molecule has 0 N–H and O–H groups in total. The summed E-state index contributed by atoms with van der Waals surface area (Å²) in [6.45, 7) is 3.10. The van der Waals surface area contributed by atoms with Crippen LogP contribution in [0.15, 0.2) is 52.9 Å². The lowest BCUT2D eigenvalue weighted by molar-refractivity contribution is 0.143. The molecule has 0 saturated carbocycles. The van der Waals surface area contributed by atoms with E-state index in [0.717, 1.165) is 30.9 Å². The van der Waals surface area contributed by atoms with Crippen molar-refractivity contribution in [1.82, 2.24) is 20.1 Å². The Bertz CT molecular complexity index is 899. The summed E-state index contributed by atoms with van der Waals surface area (Å²) in [5.41, 5.74) is 1.91. The molecule has 2 atom stereocenters. The molecule has 0 radical (unpaired) electrons. The lowest BCUT2D eigenvalue weighted by Crippen LogP contribution is -2.21. The van der Waals surface area contributed by atoms with Gasteiger partial charge < -0.3 is 13.9 Å². The van der Waals surface area contributed by atoms with Crippen LogP contribution in [0.2, 0.25) is 0 Å². The average molecular weight is 380 g/mol. The molecule has 1 saturated heterocycles. The maximum Gasteiger partial charge on any atom is 0.247 e. The van der Waals surface area contributed by atoms with Crippen LogP contribution in [0.3, 0.4) is 0 Å². The van der Waals surface area contributed by atoms with E-state index in [9.17, 15) is 0 Å². The summed E-state index contributed by atoms with van der Waals surface area (Å²) in [4.78, 5) is 6.87. The van der Waals surface area contributed by atoms with Crippen LogP contribution in [0.25, 0.3) is 11.5 Å². The molecular formula is C21H24N4O3. The summed E-state index contributed by atoms with van der Waals surface area (Å²) in [5.74, 6) is 2.28. The molecule has 2 aromatic heterocycles. The van der Waals surface area contributed by atoms with Crippen molar-refractivity contribution in [3.05, 3.63) is 60.1 Å². The summed E-state index contributed by atoms with van der Waals surface area (Å²) in [7, 11) is 3.36. The minimum atomic E-state index is 0.135. The number of pyridine rings is 1. The Labute approximate surface area is 164 Å². The molecule has 3 heterocycles. The van der Waals surface area contributed by atoms with Crippen LogP contribution >= 0.6 is 0 Å². The Morgan fingerprint density at radius 1 is 1.04 bits per heavy atom. The average Bonchev–Trinajstić information content (AvgIpc) is 3.36. The van der Waals surface area contributed by atoms with Crippen LogP contribution in [0, 0.1) is 5.92 Å². The first-order valence-corrected chi connectivity index (χ1v) is 9.37. The molecule has 1 aliphatic heterocycles. The Morgan fingerprint density at radius 2 is 1.89 bits per heavy atom. The lowest BCUT2D eigenvalue weighted by atomic mass is 9.97. The first-order chi connectivity index (χ1) is 13.8. The van der Waals surface area contributed by atoms with Crippen molar-refractivity contribution < 1.29 is 13.9 Å². The molecule has 0 spiro atoms. The molecule has 3 aromatic rings. The van der Waals surface area contributed by atoms with Crippen LogP contribution in [0.4, 0.5) is 0 Å². The van der Waals surface area contributed by atoms with Crippen LogP contribution in [-0.4, -0.2) is 54.0 Å². The molecule has 0 amide bonds. The van der Waals surface area contributed by atoms with Crippen LogP contribution < -0.4 is 4.74 Å². The topological polar surface area (TPSA) is 73.5 Å². The van der Waals surface area contributed by atoms with Crippen molar-refractivity contribution in [3.63, 3.8) is 0 Å². The van der Waals surface area contributed by atoms with Crippen molar-refractivity contribution >= 4 is 0 Å². The third kappa shape index (κ3) is 4.05. The second-order valence-electron chi connectivity index (χ2n) is 7.00. The van der Waals surface area contributed by atoms with Crippen molar-refractivity contribution in [2.75, 3.05) is 33.9 Å². The van der Waals surface area contributed by atoms with E-state index < -0.39 is 0 Å². The van der Waals surface area contributed by atoms with Gasteiger partial charge in [-0.15, -0.1) is 10.2 Å². The Hall–Kier alpha value is -2.77. The lowest BCUT2D eigenvalue weighted by Gasteiger charge is -2.15. The van der Waals surface area contributed by atoms with Crippen molar-refractivity contribution in [2.24, 2.45) is 5.92 Å². The first kappa shape index (κ1) is 18.6. The summed E-state index contributed by atoms with van der Waals surface area (Å²) < 4.78 is 16.7. The van der Waals surface area contributed by atoms with E-state index in [4.69, 9.17) is 13.9 Å². The quantitative estimate of drug-likeness (QED) is 0.624. The van der Waals surface area contributed by atoms with Gasteiger partial charge in [-0.25, -0.2) is 4.98 Å². The van der Waals surface area contributed by atoms with E-state index in [2.05, 4.69) is 20.1 Å². The number of hydrogen-bond donors (Lipinski definition) is 0. The molecule has 0 bridgehead atoms. The molecule has 1 aliphatic rings. The molecule has 28 heavy (non-hydrogen) atoms. The molecular weight excluding hydrogens is 356 g/mol. The predicted octanol–water partition coefficient (Wildman–Crippen LogP) is 3.00. The molecule has 0 unspecified atom stereocenters. The Kier molecular flexibility index (Phi) is 5.64. The van der Waals surface area contributed by atoms with Gasteiger partial charge in [-0.1, -0.05) is 24.3 Å². The number of likely N-dealkylation sites (tertiary alicyclic amines) is 1. The summed E-state index contributed by atoms with van der Waals surface area (Å²) >= 11 is 0. The second-order valence-corrected chi connectivity index (χ2v) is 7.00. The predicted molar refractivity (Wildman–Crippen MR) is 104 cm³/mol. The van der Waals surface area contributed by atoms with Crippen molar-refractivity contribution in [1.29, 1.82) is 0 Å². The molecule has 4 rings (SSSR count). The van der Waals surface area contributed by atoms with E-state index in [1.165, 1.54) is 0 Å². The zero-order chi connectivity index (χ0) is 19.3. The number of aromatic nitrogens is 3. The number of nitrogens with zero attached hydrogens (tertiary/aromatic N) is 4. The highest BCUT2D eigenvalue weighted by Gasteiger charge is 2.37. The van der Waals surface area contributed by atoms with Gasteiger partial charge >= 0.3 is 0 Å². The zero-order valence-corrected chi connectivity index (χ0v) is 16.1. The van der Waals surface area contributed by atoms with Crippen molar-refractivity contribution in [2.45, 2.75) is 12.5 Å². The number of ether oxygens (including phenoxy) is 2. The minimum absolute atomic E-state index is 0.135. The number of benzene rings is 1. The first-order valence-electron chi connectivity index (χ1n) is 9.37. The van der Waals surface area contributed by atoms with Gasteiger partial charge in [0.2, 0.25) is 17.7 Å². The number of hydrogen-bond acceptors (Lipinski definition) is 7. The van der Waals surface area contributed by atoms with Gasteiger partial charge in [-0.05, 0) is 18.2 Å². The Balaban J connectivity index is 1.50. The fourth-order valence-electron chi connectivity index (χ4n) is 3.72. The highest BCUT2D eigenvalue weighted by molar-refractivity contribution is 5.51. The van der Waals surface area contributed by atoms with E-state index in [-0.39, 0.29) is 5.92 Å². The summed E-state index contributed by atoms with van der Waals surface area (Å²) in [5, 5.41) is 8.59. The number of methoxy groups -OCH3 is 2. The number of rotatable bonds is 7. The largest absolute Gasteiger partial charge is 0.481 e. The smallest absolute Gasteiger partial charge is 0.247 e. The van der Waals surface area contributed by atoms with Crippen molar-refractivity contribution in [3.8, 4) is 17.3 Å². The summed E-state index contributed by atoms with van der Waals surface area (Å²) in [6, 6.07) is 15.7. The van der Waals surface area contributed by atoms with Crippen LogP contribution in [-0.2, 0) is 11.3 Å². The van der Waals surface area contributed by atoms with E-state index in [1.807, 2.05) is 48.5 Å². The van der Waals surface area contributed by atoms with Gasteiger partial charge in [0.05, 0.1) is 25.3 Å². The monoisotopic (exact) mass is 380 g/mol. The zero-order valence-electron chi connectivity index (χ0n) is 16.1.